The Morgan fingerprint density at radius 2 is 1.91 bits per heavy atom. The lowest BCUT2D eigenvalue weighted by atomic mass is 9.60. The Hall–Kier alpha value is -2.74. The highest BCUT2D eigenvalue weighted by atomic mass is 19.4. The maximum Gasteiger partial charge on any atom is 0.422 e. The number of fused-ring (bicyclic) bond motifs is 1. The van der Waals surface area contributed by atoms with Crippen molar-refractivity contribution < 1.29 is 17.6 Å². The summed E-state index contributed by atoms with van der Waals surface area (Å²) in [6, 6.07) is 7.55. The monoisotopic (exact) mass is 487 g/mol. The number of nitrogens with one attached hydrogen (secondary N) is 1. The quantitative estimate of drug-likeness (QED) is 0.434. The highest BCUT2D eigenvalue weighted by Crippen LogP contribution is 2.47. The van der Waals surface area contributed by atoms with Gasteiger partial charge in [0, 0.05) is 30.0 Å². The third kappa shape index (κ3) is 4.15. The molecule has 2 fully saturated rings. The van der Waals surface area contributed by atoms with E-state index in [1.807, 2.05) is 25.1 Å². The van der Waals surface area contributed by atoms with Crippen LogP contribution in [0.15, 0.2) is 41.5 Å². The van der Waals surface area contributed by atoms with Crippen molar-refractivity contribution in [3.05, 3.63) is 69.5 Å². The van der Waals surface area contributed by atoms with Crippen LogP contribution < -0.4 is 10.9 Å². The lowest BCUT2D eigenvalue weighted by Crippen LogP contribution is -2.47. The molecule has 3 aromatic rings. The number of hydrogen-bond acceptors (Lipinski definition) is 3. The highest BCUT2D eigenvalue weighted by Gasteiger charge is 2.40. The molecule has 1 N–H and O–H groups in total. The first-order chi connectivity index (χ1) is 16.4. The van der Waals surface area contributed by atoms with Crippen molar-refractivity contribution in [3.63, 3.8) is 0 Å². The number of hydrogen-bond donors (Lipinski definition) is 1. The second kappa shape index (κ2) is 8.15. The van der Waals surface area contributed by atoms with Crippen LogP contribution >= 0.6 is 0 Å². The van der Waals surface area contributed by atoms with Crippen LogP contribution in [-0.4, -0.2) is 14.9 Å². The molecule has 2 aliphatic rings. The molecular formula is C27H29F4N3O. The van der Waals surface area contributed by atoms with Gasteiger partial charge >= 0.3 is 6.18 Å². The van der Waals surface area contributed by atoms with E-state index in [-0.39, 0.29) is 28.6 Å². The molecule has 0 spiro atoms. The minimum Gasteiger partial charge on any atom is -0.307 e. The lowest BCUT2D eigenvalue weighted by molar-refractivity contribution is -0.139. The zero-order valence-corrected chi connectivity index (χ0v) is 20.1. The van der Waals surface area contributed by atoms with Gasteiger partial charge in [-0.25, -0.2) is 9.37 Å². The van der Waals surface area contributed by atoms with Gasteiger partial charge in [-0.05, 0) is 61.5 Å². The zero-order chi connectivity index (χ0) is 25.2. The maximum absolute atomic E-state index is 15.1. The topological polar surface area (TPSA) is 46.4 Å². The molecule has 2 heterocycles. The fourth-order valence-corrected chi connectivity index (χ4v) is 5.79. The van der Waals surface area contributed by atoms with E-state index in [2.05, 4.69) is 24.1 Å². The summed E-state index contributed by atoms with van der Waals surface area (Å²) in [7, 11) is 0. The van der Waals surface area contributed by atoms with Gasteiger partial charge < -0.3 is 5.32 Å². The number of benzene rings is 1. The molecule has 186 valence electrons. The fourth-order valence-electron chi connectivity index (χ4n) is 5.79. The van der Waals surface area contributed by atoms with Crippen LogP contribution in [0.1, 0.15) is 69.6 Å². The number of halogens is 4. The molecule has 0 radical (unpaired) electrons. The Balaban J connectivity index is 1.62. The van der Waals surface area contributed by atoms with Crippen molar-refractivity contribution >= 4 is 5.65 Å². The second-order valence-corrected chi connectivity index (χ2v) is 10.9. The maximum atomic E-state index is 15.1. The van der Waals surface area contributed by atoms with Crippen LogP contribution in [0.4, 0.5) is 17.6 Å². The number of aromatic nitrogens is 2. The van der Waals surface area contributed by atoms with Gasteiger partial charge in [-0.15, -0.1) is 0 Å². The van der Waals surface area contributed by atoms with Gasteiger partial charge in [-0.1, -0.05) is 38.1 Å². The van der Waals surface area contributed by atoms with E-state index < -0.39 is 28.8 Å². The Bertz CT molecular complexity index is 1350. The van der Waals surface area contributed by atoms with E-state index in [1.54, 1.807) is 6.07 Å². The van der Waals surface area contributed by atoms with Crippen molar-refractivity contribution in [1.29, 1.82) is 0 Å². The summed E-state index contributed by atoms with van der Waals surface area (Å²) >= 11 is 0. The van der Waals surface area contributed by atoms with Crippen LogP contribution in [0, 0.1) is 11.7 Å². The normalized spacial score (nSPS) is 23.7. The standard InChI is InChI=1S/C27H29F4N3O/c1-16-11-25(2,12-16)19-7-4-6-17(10-19)20-14-32-23-21(27(29,30)31)22(28)18(15-34(23)24(20)35)13-33-26(3)8-5-9-26/h4,6-7,10,14-16,33H,5,8-9,11-13H2,1-3H3. The molecule has 2 aromatic heterocycles. The van der Waals surface area contributed by atoms with Gasteiger partial charge in [0.2, 0.25) is 0 Å². The third-order valence-corrected chi connectivity index (χ3v) is 7.92. The molecule has 0 amide bonds. The van der Waals surface area contributed by atoms with Gasteiger partial charge in [-0.2, -0.15) is 13.2 Å². The van der Waals surface area contributed by atoms with Crippen LogP contribution in [0.2, 0.25) is 0 Å². The molecule has 0 aliphatic heterocycles. The first-order valence-electron chi connectivity index (χ1n) is 12.1. The summed E-state index contributed by atoms with van der Waals surface area (Å²) in [5.74, 6) is -0.761. The summed E-state index contributed by atoms with van der Waals surface area (Å²) in [5, 5.41) is 3.16. The number of pyridine rings is 1. The van der Waals surface area contributed by atoms with E-state index in [1.165, 1.54) is 0 Å². The van der Waals surface area contributed by atoms with Crippen LogP contribution in [0.25, 0.3) is 16.8 Å². The van der Waals surface area contributed by atoms with Gasteiger partial charge in [0.05, 0.1) is 5.56 Å². The summed E-state index contributed by atoms with van der Waals surface area (Å²) < 4.78 is 57.7. The number of nitrogens with zero attached hydrogens (tertiary/aromatic N) is 2. The molecule has 1 aromatic carbocycles. The highest BCUT2D eigenvalue weighted by molar-refractivity contribution is 5.65. The number of alkyl halides is 3. The molecule has 0 saturated heterocycles. The average Bonchev–Trinajstić information content (AvgIpc) is 2.75. The molecule has 0 atom stereocenters. The van der Waals surface area contributed by atoms with Crippen molar-refractivity contribution in [2.24, 2.45) is 5.92 Å². The first-order valence-corrected chi connectivity index (χ1v) is 12.1. The zero-order valence-electron chi connectivity index (χ0n) is 20.1. The molecule has 0 unspecified atom stereocenters. The van der Waals surface area contributed by atoms with Gasteiger partial charge in [0.15, 0.2) is 5.65 Å². The van der Waals surface area contributed by atoms with Crippen molar-refractivity contribution in [2.45, 2.75) is 76.6 Å². The van der Waals surface area contributed by atoms with Crippen molar-refractivity contribution in [3.8, 4) is 11.1 Å². The molecule has 8 heteroatoms. The fraction of sp³-hybridized carbons (Fsp3) is 0.481. The summed E-state index contributed by atoms with van der Waals surface area (Å²) in [6.45, 7) is 6.23. The smallest absolute Gasteiger partial charge is 0.307 e. The molecule has 4 nitrogen and oxygen atoms in total. The minimum absolute atomic E-state index is 0.0128. The Morgan fingerprint density at radius 1 is 1.20 bits per heavy atom. The Kier molecular flexibility index (Phi) is 5.58. The van der Waals surface area contributed by atoms with Crippen LogP contribution in [0.5, 0.6) is 0 Å². The second-order valence-electron chi connectivity index (χ2n) is 10.9. The summed E-state index contributed by atoms with van der Waals surface area (Å²) in [4.78, 5) is 17.4. The SMILES string of the molecule is CC1CC(C)(c2cccc(-c3cnc4c(C(F)(F)F)c(F)c(CNC5(C)CCC5)cn4c3=O)c2)C1. The van der Waals surface area contributed by atoms with Gasteiger partial charge in [0.1, 0.15) is 11.4 Å². The summed E-state index contributed by atoms with van der Waals surface area (Å²) in [5.41, 5.74) is -1.45. The molecular weight excluding hydrogens is 458 g/mol. The van der Waals surface area contributed by atoms with Crippen LogP contribution in [0.3, 0.4) is 0 Å². The van der Waals surface area contributed by atoms with E-state index in [0.29, 0.717) is 11.5 Å². The Labute approximate surface area is 201 Å². The van der Waals surface area contributed by atoms with Gasteiger partial charge in [0.25, 0.3) is 5.56 Å². The first kappa shape index (κ1) is 24.0. The van der Waals surface area contributed by atoms with Crippen molar-refractivity contribution in [1.82, 2.24) is 14.7 Å². The minimum atomic E-state index is -5.00. The molecule has 5 rings (SSSR count). The van der Waals surface area contributed by atoms with Crippen molar-refractivity contribution in [2.75, 3.05) is 0 Å². The molecule has 2 aliphatic carbocycles. The molecule has 0 bridgehead atoms. The van der Waals surface area contributed by atoms with Crippen LogP contribution in [-0.2, 0) is 18.1 Å². The Morgan fingerprint density at radius 3 is 2.51 bits per heavy atom. The molecule has 2 saturated carbocycles. The molecule has 35 heavy (non-hydrogen) atoms. The number of rotatable bonds is 5. The predicted molar refractivity (Wildman–Crippen MR) is 127 cm³/mol. The van der Waals surface area contributed by atoms with E-state index >= 15 is 4.39 Å². The van der Waals surface area contributed by atoms with E-state index in [4.69, 9.17) is 0 Å². The van der Waals surface area contributed by atoms with E-state index in [0.717, 1.165) is 54.5 Å². The predicted octanol–water partition coefficient (Wildman–Crippen LogP) is 6.24. The average molecular weight is 488 g/mol. The lowest BCUT2D eigenvalue weighted by Gasteiger charge is -2.44. The van der Waals surface area contributed by atoms with E-state index in [9.17, 15) is 18.0 Å². The van der Waals surface area contributed by atoms with Gasteiger partial charge in [-0.3, -0.25) is 9.20 Å². The summed E-state index contributed by atoms with van der Waals surface area (Å²) in [6.07, 6.45) is 2.12. The largest absolute Gasteiger partial charge is 0.422 e. The third-order valence-electron chi connectivity index (χ3n) is 7.92.